The van der Waals surface area contributed by atoms with E-state index in [0.717, 1.165) is 25.7 Å². The van der Waals surface area contributed by atoms with Crippen LogP contribution in [0.1, 0.15) is 36.0 Å². The first-order valence-electron chi connectivity index (χ1n) is 6.89. The number of methoxy groups -OCH3 is 1. The standard InChI is InChI=1S/C15H21FN2O2/c1-18(12-6-4-11(17)5-7-12)15(19)10-3-8-14(20-2)13(16)9-10/h3,8-9,11-12H,4-7,17H2,1-2H3. The van der Waals surface area contributed by atoms with Crippen molar-refractivity contribution in [1.82, 2.24) is 4.90 Å². The molecule has 0 radical (unpaired) electrons. The molecule has 4 nitrogen and oxygen atoms in total. The van der Waals surface area contributed by atoms with Crippen molar-refractivity contribution in [3.05, 3.63) is 29.6 Å². The van der Waals surface area contributed by atoms with Crippen LogP contribution in [0.2, 0.25) is 0 Å². The summed E-state index contributed by atoms with van der Waals surface area (Å²) in [4.78, 5) is 14.1. The van der Waals surface area contributed by atoms with E-state index in [0.29, 0.717) is 5.56 Å². The van der Waals surface area contributed by atoms with Crippen LogP contribution in [0.4, 0.5) is 4.39 Å². The monoisotopic (exact) mass is 280 g/mol. The van der Waals surface area contributed by atoms with Gasteiger partial charge < -0.3 is 15.4 Å². The van der Waals surface area contributed by atoms with Crippen molar-refractivity contribution in [1.29, 1.82) is 0 Å². The van der Waals surface area contributed by atoms with Crippen LogP contribution in [0.25, 0.3) is 0 Å². The van der Waals surface area contributed by atoms with Gasteiger partial charge in [-0.1, -0.05) is 0 Å². The fourth-order valence-corrected chi connectivity index (χ4v) is 2.66. The van der Waals surface area contributed by atoms with Gasteiger partial charge in [-0.3, -0.25) is 4.79 Å². The number of nitrogens with zero attached hydrogens (tertiary/aromatic N) is 1. The average molecular weight is 280 g/mol. The lowest BCUT2D eigenvalue weighted by molar-refractivity contribution is 0.0689. The summed E-state index contributed by atoms with van der Waals surface area (Å²) in [6.07, 6.45) is 3.67. The van der Waals surface area contributed by atoms with Crippen LogP contribution >= 0.6 is 0 Å². The summed E-state index contributed by atoms with van der Waals surface area (Å²) >= 11 is 0. The second-order valence-electron chi connectivity index (χ2n) is 5.33. The maximum atomic E-state index is 13.7. The Bertz CT molecular complexity index is 485. The summed E-state index contributed by atoms with van der Waals surface area (Å²) in [5.74, 6) is -0.530. The zero-order valence-corrected chi connectivity index (χ0v) is 11.9. The lowest BCUT2D eigenvalue weighted by Gasteiger charge is -2.33. The number of carbonyl (C=O) groups is 1. The number of hydrogen-bond donors (Lipinski definition) is 1. The smallest absolute Gasteiger partial charge is 0.253 e. The van der Waals surface area contributed by atoms with Crippen molar-refractivity contribution < 1.29 is 13.9 Å². The number of hydrogen-bond acceptors (Lipinski definition) is 3. The van der Waals surface area contributed by atoms with Gasteiger partial charge in [0.05, 0.1) is 7.11 Å². The predicted octanol–water partition coefficient (Wildman–Crippen LogP) is 2.18. The highest BCUT2D eigenvalue weighted by atomic mass is 19.1. The Kier molecular flexibility index (Phi) is 4.60. The van der Waals surface area contributed by atoms with E-state index in [1.54, 1.807) is 18.0 Å². The van der Waals surface area contributed by atoms with Crippen molar-refractivity contribution in [3.8, 4) is 5.75 Å². The number of nitrogens with two attached hydrogens (primary N) is 1. The van der Waals surface area contributed by atoms with Crippen molar-refractivity contribution in [3.63, 3.8) is 0 Å². The van der Waals surface area contributed by atoms with Crippen LogP contribution in [0, 0.1) is 5.82 Å². The number of benzene rings is 1. The Morgan fingerprint density at radius 1 is 1.35 bits per heavy atom. The van der Waals surface area contributed by atoms with E-state index < -0.39 is 5.82 Å². The first kappa shape index (κ1) is 14.8. The number of amides is 1. The lowest BCUT2D eigenvalue weighted by Crippen LogP contribution is -2.41. The first-order valence-corrected chi connectivity index (χ1v) is 6.89. The lowest BCUT2D eigenvalue weighted by atomic mass is 9.90. The number of halogens is 1. The van der Waals surface area contributed by atoms with Crippen molar-refractivity contribution >= 4 is 5.91 Å². The van der Waals surface area contributed by atoms with E-state index >= 15 is 0 Å². The molecule has 1 amide bonds. The molecular formula is C15H21FN2O2. The fourth-order valence-electron chi connectivity index (χ4n) is 2.66. The maximum absolute atomic E-state index is 13.7. The summed E-state index contributed by atoms with van der Waals surface area (Å²) < 4.78 is 18.5. The second kappa shape index (κ2) is 6.22. The van der Waals surface area contributed by atoms with Crippen molar-refractivity contribution in [2.45, 2.75) is 37.8 Å². The van der Waals surface area contributed by atoms with Gasteiger partial charge in [-0.05, 0) is 43.9 Å². The molecule has 1 saturated carbocycles. The largest absolute Gasteiger partial charge is 0.494 e. The molecule has 0 spiro atoms. The number of ether oxygens (including phenoxy) is 1. The van der Waals surface area contributed by atoms with Crippen LogP contribution < -0.4 is 10.5 Å². The summed E-state index contributed by atoms with van der Waals surface area (Å²) in [5, 5.41) is 0. The Labute approximate surface area is 118 Å². The minimum atomic E-state index is -0.516. The minimum absolute atomic E-state index is 0.146. The molecular weight excluding hydrogens is 259 g/mol. The SMILES string of the molecule is COc1ccc(C(=O)N(C)C2CCC(N)CC2)cc1F. The van der Waals surface area contributed by atoms with Crippen molar-refractivity contribution in [2.75, 3.05) is 14.2 Å². The third-order valence-electron chi connectivity index (χ3n) is 4.01. The van der Waals surface area contributed by atoms with E-state index in [9.17, 15) is 9.18 Å². The van der Waals surface area contributed by atoms with Crippen LogP contribution in [-0.2, 0) is 0 Å². The molecule has 1 aromatic carbocycles. The Morgan fingerprint density at radius 3 is 2.55 bits per heavy atom. The summed E-state index contributed by atoms with van der Waals surface area (Å²) in [7, 11) is 3.17. The summed E-state index contributed by atoms with van der Waals surface area (Å²) in [6.45, 7) is 0. The summed E-state index contributed by atoms with van der Waals surface area (Å²) in [6, 6.07) is 4.73. The van der Waals surface area contributed by atoms with E-state index in [1.165, 1.54) is 19.2 Å². The molecule has 5 heteroatoms. The average Bonchev–Trinajstić information content (AvgIpc) is 2.46. The molecule has 1 aromatic rings. The Morgan fingerprint density at radius 2 is 2.00 bits per heavy atom. The van der Waals surface area contributed by atoms with Crippen LogP contribution in [-0.4, -0.2) is 37.0 Å². The van der Waals surface area contributed by atoms with E-state index in [1.807, 2.05) is 0 Å². The molecule has 1 aliphatic rings. The van der Waals surface area contributed by atoms with Crippen LogP contribution in [0.3, 0.4) is 0 Å². The van der Waals surface area contributed by atoms with Gasteiger partial charge in [0.25, 0.3) is 5.91 Å². The molecule has 110 valence electrons. The van der Waals surface area contributed by atoms with Gasteiger partial charge in [-0.15, -0.1) is 0 Å². The van der Waals surface area contributed by atoms with E-state index in [-0.39, 0.29) is 23.7 Å². The van der Waals surface area contributed by atoms with E-state index in [2.05, 4.69) is 0 Å². The van der Waals surface area contributed by atoms with E-state index in [4.69, 9.17) is 10.5 Å². The second-order valence-corrected chi connectivity index (χ2v) is 5.33. The molecule has 1 aliphatic carbocycles. The normalized spacial score (nSPS) is 22.4. The molecule has 0 aromatic heterocycles. The van der Waals surface area contributed by atoms with Crippen LogP contribution in [0.5, 0.6) is 5.75 Å². The highest BCUT2D eigenvalue weighted by molar-refractivity contribution is 5.94. The highest BCUT2D eigenvalue weighted by Crippen LogP contribution is 2.24. The van der Waals surface area contributed by atoms with Gasteiger partial charge in [-0.25, -0.2) is 4.39 Å². The van der Waals surface area contributed by atoms with Crippen molar-refractivity contribution in [2.24, 2.45) is 5.73 Å². The van der Waals surface area contributed by atoms with Gasteiger partial charge in [0.2, 0.25) is 0 Å². The topological polar surface area (TPSA) is 55.6 Å². The molecule has 2 N–H and O–H groups in total. The van der Waals surface area contributed by atoms with Gasteiger partial charge in [0.1, 0.15) is 0 Å². The molecule has 2 rings (SSSR count). The third-order valence-corrected chi connectivity index (χ3v) is 4.01. The predicted molar refractivity (Wildman–Crippen MR) is 75.3 cm³/mol. The molecule has 0 unspecified atom stereocenters. The van der Waals surface area contributed by atoms with Gasteiger partial charge in [0.15, 0.2) is 11.6 Å². The molecule has 0 aliphatic heterocycles. The molecule has 20 heavy (non-hydrogen) atoms. The van der Waals surface area contributed by atoms with Gasteiger partial charge in [-0.2, -0.15) is 0 Å². The van der Waals surface area contributed by atoms with Gasteiger partial charge >= 0.3 is 0 Å². The number of rotatable bonds is 3. The zero-order valence-electron chi connectivity index (χ0n) is 11.9. The summed E-state index contributed by atoms with van der Waals surface area (Å²) in [5.41, 5.74) is 6.22. The molecule has 0 heterocycles. The highest BCUT2D eigenvalue weighted by Gasteiger charge is 2.26. The fraction of sp³-hybridized carbons (Fsp3) is 0.533. The van der Waals surface area contributed by atoms with Crippen LogP contribution in [0.15, 0.2) is 18.2 Å². The molecule has 0 atom stereocenters. The Balaban J connectivity index is 2.08. The molecule has 0 bridgehead atoms. The zero-order chi connectivity index (χ0) is 14.7. The third kappa shape index (κ3) is 3.10. The Hall–Kier alpha value is -1.62. The molecule has 1 fully saturated rings. The number of carbonyl (C=O) groups excluding carboxylic acids is 1. The minimum Gasteiger partial charge on any atom is -0.494 e. The quantitative estimate of drug-likeness (QED) is 0.923. The molecule has 0 saturated heterocycles. The maximum Gasteiger partial charge on any atom is 0.253 e. The first-order chi connectivity index (χ1) is 9.52. The van der Waals surface area contributed by atoms with Gasteiger partial charge in [0, 0.05) is 24.7 Å².